The van der Waals surface area contributed by atoms with Crippen LogP contribution in [0.2, 0.25) is 0 Å². The molecule has 0 fully saturated rings. The normalized spacial score (nSPS) is 10.1. The molecule has 1 heterocycles. The van der Waals surface area contributed by atoms with Crippen LogP contribution in [0.1, 0.15) is 5.69 Å². The summed E-state index contributed by atoms with van der Waals surface area (Å²) in [5.41, 5.74) is 0.797. The molecule has 3 nitrogen and oxygen atoms in total. The summed E-state index contributed by atoms with van der Waals surface area (Å²) in [5, 5.41) is 11.1. The van der Waals surface area contributed by atoms with E-state index in [0.29, 0.717) is 6.54 Å². The maximum atomic E-state index is 8.24. The summed E-state index contributed by atoms with van der Waals surface area (Å²) in [7, 11) is 0. The van der Waals surface area contributed by atoms with Crippen molar-refractivity contribution in [3.63, 3.8) is 0 Å². The van der Waals surface area contributed by atoms with Crippen LogP contribution in [0.4, 0.5) is 0 Å². The largest absolute Gasteiger partial charge is 0.411 e. The van der Waals surface area contributed by atoms with Crippen LogP contribution < -0.4 is 0 Å². The van der Waals surface area contributed by atoms with Gasteiger partial charge in [-0.05, 0) is 12.1 Å². The molecule has 1 rings (SSSR count). The second kappa shape index (κ2) is 3.47. The number of rotatable bonds is 2. The quantitative estimate of drug-likeness (QED) is 0.288. The number of nitrogens with zero attached hydrogens (tertiary/aromatic N) is 2. The van der Waals surface area contributed by atoms with Crippen molar-refractivity contribution < 1.29 is 5.21 Å². The Morgan fingerprint density at radius 1 is 1.82 bits per heavy atom. The Balaban J connectivity index is 2.88. The molecule has 0 saturated carbocycles. The summed E-state index contributed by atoms with van der Waals surface area (Å²) >= 11 is 0. The van der Waals surface area contributed by atoms with E-state index >= 15 is 0 Å². The van der Waals surface area contributed by atoms with Gasteiger partial charge >= 0.3 is 0 Å². The molecular formula is C8H8N2O. The molecule has 1 N–H and O–H groups in total. The third kappa shape index (κ3) is 1.62. The first-order valence-electron chi connectivity index (χ1n) is 3.14. The van der Waals surface area contributed by atoms with Gasteiger partial charge in [0.15, 0.2) is 0 Å². The van der Waals surface area contributed by atoms with Crippen molar-refractivity contribution in [2.24, 2.45) is 5.16 Å². The van der Waals surface area contributed by atoms with Crippen molar-refractivity contribution >= 4 is 6.21 Å². The van der Waals surface area contributed by atoms with E-state index < -0.39 is 0 Å². The van der Waals surface area contributed by atoms with E-state index in [1.807, 2.05) is 18.3 Å². The molecule has 0 saturated heterocycles. The molecule has 0 aromatic carbocycles. The third-order valence-electron chi connectivity index (χ3n) is 1.32. The predicted octanol–water partition coefficient (Wildman–Crippen LogP) is 0.929. The Morgan fingerprint density at radius 2 is 2.64 bits per heavy atom. The molecule has 3 heteroatoms. The van der Waals surface area contributed by atoms with Gasteiger partial charge in [0.25, 0.3) is 0 Å². The van der Waals surface area contributed by atoms with Gasteiger partial charge in [-0.1, -0.05) is 11.1 Å². The van der Waals surface area contributed by atoms with E-state index in [1.54, 1.807) is 4.57 Å². The van der Waals surface area contributed by atoms with Gasteiger partial charge in [-0.15, -0.1) is 6.42 Å². The molecule has 0 aliphatic heterocycles. The Kier molecular flexibility index (Phi) is 2.34. The van der Waals surface area contributed by atoms with Gasteiger partial charge in [0.1, 0.15) is 0 Å². The molecule has 0 spiro atoms. The fraction of sp³-hybridized carbons (Fsp3) is 0.125. The molecular weight excluding hydrogens is 140 g/mol. The van der Waals surface area contributed by atoms with Crippen LogP contribution >= 0.6 is 0 Å². The van der Waals surface area contributed by atoms with Crippen molar-refractivity contribution in [2.75, 3.05) is 0 Å². The highest BCUT2D eigenvalue weighted by Crippen LogP contribution is 1.97. The fourth-order valence-electron chi connectivity index (χ4n) is 0.846. The van der Waals surface area contributed by atoms with Crippen LogP contribution in [0.3, 0.4) is 0 Å². The Morgan fingerprint density at radius 3 is 3.27 bits per heavy atom. The number of aromatic nitrogens is 1. The lowest BCUT2D eigenvalue weighted by Gasteiger charge is -1.97. The fourth-order valence-corrected chi connectivity index (χ4v) is 0.846. The monoisotopic (exact) mass is 148 g/mol. The zero-order valence-corrected chi connectivity index (χ0v) is 5.94. The summed E-state index contributed by atoms with van der Waals surface area (Å²) in [4.78, 5) is 0. The number of oxime groups is 1. The summed E-state index contributed by atoms with van der Waals surface area (Å²) < 4.78 is 1.81. The molecule has 0 radical (unpaired) electrons. The van der Waals surface area contributed by atoms with Crippen LogP contribution in [-0.4, -0.2) is 16.0 Å². The van der Waals surface area contributed by atoms with Crippen LogP contribution in [0, 0.1) is 12.3 Å². The topological polar surface area (TPSA) is 37.5 Å². The predicted molar refractivity (Wildman–Crippen MR) is 42.6 cm³/mol. The molecule has 56 valence electrons. The second-order valence-corrected chi connectivity index (χ2v) is 2.01. The van der Waals surface area contributed by atoms with Crippen LogP contribution in [0.5, 0.6) is 0 Å². The highest BCUT2D eigenvalue weighted by molar-refractivity contribution is 5.76. The molecule has 0 unspecified atom stereocenters. The Labute approximate surface area is 65.0 Å². The zero-order chi connectivity index (χ0) is 8.10. The molecule has 1 aromatic heterocycles. The molecule has 11 heavy (non-hydrogen) atoms. The Hall–Kier alpha value is -1.69. The lowest BCUT2D eigenvalue weighted by atomic mass is 10.4. The minimum Gasteiger partial charge on any atom is -0.411 e. The van der Waals surface area contributed by atoms with E-state index in [2.05, 4.69) is 11.1 Å². The lowest BCUT2D eigenvalue weighted by molar-refractivity contribution is 0.321. The highest BCUT2D eigenvalue weighted by atomic mass is 16.4. The number of terminal acetylenes is 1. The number of hydrogen-bond donors (Lipinski definition) is 1. The molecule has 0 aliphatic carbocycles. The summed E-state index contributed by atoms with van der Waals surface area (Å²) in [6.45, 7) is 0.494. The van der Waals surface area contributed by atoms with Crippen molar-refractivity contribution in [1.29, 1.82) is 0 Å². The first kappa shape index (κ1) is 7.42. The van der Waals surface area contributed by atoms with E-state index in [1.165, 1.54) is 6.21 Å². The molecule has 1 aromatic rings. The second-order valence-electron chi connectivity index (χ2n) is 2.01. The van der Waals surface area contributed by atoms with Crippen molar-refractivity contribution in [3.05, 3.63) is 24.0 Å². The molecule has 0 amide bonds. The molecule has 0 aliphatic rings. The zero-order valence-electron chi connectivity index (χ0n) is 5.94. The number of hydrogen-bond acceptors (Lipinski definition) is 2. The highest BCUT2D eigenvalue weighted by Gasteiger charge is 1.93. The van der Waals surface area contributed by atoms with Crippen LogP contribution in [0.25, 0.3) is 0 Å². The summed E-state index contributed by atoms with van der Waals surface area (Å²) in [5.74, 6) is 2.49. The van der Waals surface area contributed by atoms with Crippen molar-refractivity contribution in [1.82, 2.24) is 4.57 Å². The van der Waals surface area contributed by atoms with Crippen molar-refractivity contribution in [2.45, 2.75) is 6.54 Å². The van der Waals surface area contributed by atoms with E-state index in [-0.39, 0.29) is 0 Å². The molecule has 0 bridgehead atoms. The minimum absolute atomic E-state index is 0.494. The first-order valence-corrected chi connectivity index (χ1v) is 3.14. The average molecular weight is 148 g/mol. The maximum absolute atomic E-state index is 8.24. The van der Waals surface area contributed by atoms with E-state index in [0.717, 1.165) is 5.69 Å². The standard InChI is InChI=1S/C8H8N2O/c1-2-5-10-6-3-4-8(10)7-9-11/h1,3-4,6-7,11H,5H2/b9-7+. The summed E-state index contributed by atoms with van der Waals surface area (Å²) in [6.07, 6.45) is 8.28. The van der Waals surface area contributed by atoms with Gasteiger partial charge < -0.3 is 9.77 Å². The van der Waals surface area contributed by atoms with Crippen molar-refractivity contribution in [3.8, 4) is 12.3 Å². The van der Waals surface area contributed by atoms with Gasteiger partial charge in [-0.25, -0.2) is 0 Å². The van der Waals surface area contributed by atoms with Gasteiger partial charge in [-0.2, -0.15) is 0 Å². The van der Waals surface area contributed by atoms with Gasteiger partial charge in [-0.3, -0.25) is 0 Å². The summed E-state index contributed by atoms with van der Waals surface area (Å²) in [6, 6.07) is 3.66. The maximum Gasteiger partial charge on any atom is 0.0898 e. The Bertz CT molecular complexity index is 293. The van der Waals surface area contributed by atoms with Crippen LogP contribution in [-0.2, 0) is 6.54 Å². The van der Waals surface area contributed by atoms with Crippen LogP contribution in [0.15, 0.2) is 23.5 Å². The van der Waals surface area contributed by atoms with Gasteiger partial charge in [0, 0.05) is 6.20 Å². The molecule has 0 atom stereocenters. The SMILES string of the molecule is C#CCn1cccc1/C=N/O. The minimum atomic E-state index is 0.494. The average Bonchev–Trinajstić information content (AvgIpc) is 2.39. The first-order chi connectivity index (χ1) is 5.38. The third-order valence-corrected chi connectivity index (χ3v) is 1.32. The smallest absolute Gasteiger partial charge is 0.0898 e. The van der Waals surface area contributed by atoms with E-state index in [4.69, 9.17) is 11.6 Å². The van der Waals surface area contributed by atoms with Gasteiger partial charge in [0.2, 0.25) is 0 Å². The lowest BCUT2D eigenvalue weighted by Crippen LogP contribution is -1.98. The van der Waals surface area contributed by atoms with E-state index in [9.17, 15) is 0 Å². The van der Waals surface area contributed by atoms with Gasteiger partial charge in [0.05, 0.1) is 18.5 Å².